The minimum Gasteiger partial charge on any atom is -0.462 e. The number of H-pyrrole nitrogens is 1. The van der Waals surface area contributed by atoms with E-state index in [1.807, 2.05) is 0 Å². The summed E-state index contributed by atoms with van der Waals surface area (Å²) in [6, 6.07) is 6.57. The van der Waals surface area contributed by atoms with Crippen LogP contribution in [0.25, 0.3) is 10.9 Å². The number of ether oxygens (including phenoxy) is 1. The SMILES string of the molecule is CCOC(=O)c1ccc2[nH]c(B(O)O)cc2c1. The Morgan fingerprint density at radius 3 is 2.82 bits per heavy atom. The first-order valence-corrected chi connectivity index (χ1v) is 5.27. The fraction of sp³-hybridized carbons (Fsp3) is 0.182. The third-order valence-corrected chi connectivity index (χ3v) is 2.43. The summed E-state index contributed by atoms with van der Waals surface area (Å²) < 4.78 is 4.88. The molecule has 1 heterocycles. The molecule has 88 valence electrons. The molecule has 0 aliphatic carbocycles. The maximum atomic E-state index is 11.5. The van der Waals surface area contributed by atoms with E-state index in [1.54, 1.807) is 31.2 Å². The van der Waals surface area contributed by atoms with Crippen LogP contribution in [0.1, 0.15) is 17.3 Å². The zero-order chi connectivity index (χ0) is 12.4. The van der Waals surface area contributed by atoms with Gasteiger partial charge in [0.05, 0.1) is 12.2 Å². The highest BCUT2D eigenvalue weighted by atomic mass is 16.5. The molecular weight excluding hydrogens is 221 g/mol. The van der Waals surface area contributed by atoms with Gasteiger partial charge in [-0.3, -0.25) is 0 Å². The molecule has 0 radical (unpaired) electrons. The molecule has 0 atom stereocenters. The number of carbonyl (C=O) groups excluding carboxylic acids is 1. The van der Waals surface area contributed by atoms with Crippen LogP contribution in [-0.4, -0.2) is 34.7 Å². The largest absolute Gasteiger partial charge is 0.505 e. The smallest absolute Gasteiger partial charge is 0.462 e. The van der Waals surface area contributed by atoms with Gasteiger partial charge >= 0.3 is 13.1 Å². The molecule has 0 amide bonds. The van der Waals surface area contributed by atoms with E-state index in [1.165, 1.54) is 0 Å². The van der Waals surface area contributed by atoms with Gasteiger partial charge in [-0.05, 0) is 36.6 Å². The molecule has 1 aromatic carbocycles. The van der Waals surface area contributed by atoms with Crippen molar-refractivity contribution in [2.75, 3.05) is 6.61 Å². The molecule has 0 bridgehead atoms. The summed E-state index contributed by atoms with van der Waals surface area (Å²) in [4.78, 5) is 14.3. The van der Waals surface area contributed by atoms with Crippen LogP contribution in [0.3, 0.4) is 0 Å². The zero-order valence-corrected chi connectivity index (χ0v) is 9.30. The molecule has 0 spiro atoms. The Hall–Kier alpha value is -1.79. The molecule has 2 aromatic rings. The number of esters is 1. The molecule has 0 fully saturated rings. The molecular formula is C11H12BNO4. The van der Waals surface area contributed by atoms with E-state index in [0.717, 1.165) is 10.9 Å². The van der Waals surface area contributed by atoms with Crippen LogP contribution < -0.4 is 5.59 Å². The molecule has 0 saturated heterocycles. The first-order valence-electron chi connectivity index (χ1n) is 5.27. The highest BCUT2D eigenvalue weighted by molar-refractivity contribution is 6.58. The molecule has 2 rings (SSSR count). The number of nitrogens with one attached hydrogen (secondary N) is 1. The lowest BCUT2D eigenvalue weighted by atomic mass is 9.86. The van der Waals surface area contributed by atoms with E-state index < -0.39 is 7.12 Å². The minimum absolute atomic E-state index is 0.293. The van der Waals surface area contributed by atoms with Crippen molar-refractivity contribution in [2.24, 2.45) is 0 Å². The lowest BCUT2D eigenvalue weighted by Gasteiger charge is -2.01. The Kier molecular flexibility index (Phi) is 3.17. The maximum Gasteiger partial charge on any atom is 0.505 e. The lowest BCUT2D eigenvalue weighted by Crippen LogP contribution is -2.30. The second-order valence-corrected chi connectivity index (χ2v) is 3.62. The van der Waals surface area contributed by atoms with Crippen LogP contribution in [0.2, 0.25) is 0 Å². The van der Waals surface area contributed by atoms with Crippen LogP contribution in [0.15, 0.2) is 24.3 Å². The fourth-order valence-electron chi connectivity index (χ4n) is 1.64. The van der Waals surface area contributed by atoms with Crippen LogP contribution in [0.4, 0.5) is 0 Å². The second kappa shape index (κ2) is 4.61. The number of carbonyl (C=O) groups is 1. The van der Waals surface area contributed by atoms with Crippen LogP contribution in [-0.2, 0) is 4.74 Å². The lowest BCUT2D eigenvalue weighted by molar-refractivity contribution is 0.0526. The summed E-state index contributed by atoms with van der Waals surface area (Å²) in [6.45, 7) is 2.07. The standard InChI is InChI=1S/C11H12BNO4/c1-2-17-11(14)7-3-4-9-8(5-7)6-10(13-9)12(15)16/h3-6,13,15-16H,2H2,1H3. The Balaban J connectivity index is 2.40. The van der Waals surface area contributed by atoms with Crippen molar-refractivity contribution in [1.29, 1.82) is 0 Å². The fourth-order valence-corrected chi connectivity index (χ4v) is 1.64. The van der Waals surface area contributed by atoms with Crippen molar-refractivity contribution in [3.8, 4) is 0 Å². The van der Waals surface area contributed by atoms with Crippen molar-refractivity contribution in [1.82, 2.24) is 4.98 Å². The van der Waals surface area contributed by atoms with Gasteiger partial charge < -0.3 is 19.8 Å². The first kappa shape index (κ1) is 11.7. The van der Waals surface area contributed by atoms with E-state index in [0.29, 0.717) is 17.8 Å². The molecule has 1 aromatic heterocycles. The Morgan fingerprint density at radius 2 is 2.18 bits per heavy atom. The summed E-state index contributed by atoms with van der Waals surface area (Å²) >= 11 is 0. The van der Waals surface area contributed by atoms with Gasteiger partial charge in [-0.25, -0.2) is 4.79 Å². The number of benzene rings is 1. The van der Waals surface area contributed by atoms with Crippen molar-refractivity contribution in [2.45, 2.75) is 6.92 Å². The Bertz CT molecular complexity index is 549. The Morgan fingerprint density at radius 1 is 1.41 bits per heavy atom. The molecule has 0 aliphatic heterocycles. The summed E-state index contributed by atoms with van der Waals surface area (Å²) in [6.07, 6.45) is 0. The zero-order valence-electron chi connectivity index (χ0n) is 9.30. The predicted molar refractivity (Wildman–Crippen MR) is 64.1 cm³/mol. The first-order chi connectivity index (χ1) is 8.11. The molecule has 0 aliphatic rings. The predicted octanol–water partition coefficient (Wildman–Crippen LogP) is 0.0244. The quantitative estimate of drug-likeness (QED) is 0.515. The number of hydrogen-bond acceptors (Lipinski definition) is 4. The summed E-state index contributed by atoms with van der Waals surface area (Å²) in [5.41, 5.74) is 1.47. The van der Waals surface area contributed by atoms with E-state index >= 15 is 0 Å². The summed E-state index contributed by atoms with van der Waals surface area (Å²) in [5, 5.41) is 18.8. The topological polar surface area (TPSA) is 82.6 Å². The number of aromatic nitrogens is 1. The summed E-state index contributed by atoms with van der Waals surface area (Å²) in [7, 11) is -1.55. The second-order valence-electron chi connectivity index (χ2n) is 3.62. The molecule has 0 saturated carbocycles. The molecule has 17 heavy (non-hydrogen) atoms. The average Bonchev–Trinajstić information content (AvgIpc) is 2.71. The van der Waals surface area contributed by atoms with Crippen LogP contribution in [0, 0.1) is 0 Å². The van der Waals surface area contributed by atoms with Gasteiger partial charge in [0, 0.05) is 11.1 Å². The van der Waals surface area contributed by atoms with Gasteiger partial charge in [0.15, 0.2) is 0 Å². The van der Waals surface area contributed by atoms with Gasteiger partial charge in [0.25, 0.3) is 0 Å². The van der Waals surface area contributed by atoms with E-state index in [2.05, 4.69) is 4.98 Å². The highest BCUT2D eigenvalue weighted by Crippen LogP contribution is 2.14. The maximum absolute atomic E-state index is 11.5. The monoisotopic (exact) mass is 233 g/mol. The van der Waals surface area contributed by atoms with Crippen molar-refractivity contribution in [3.63, 3.8) is 0 Å². The molecule has 6 heteroatoms. The molecule has 0 unspecified atom stereocenters. The highest BCUT2D eigenvalue weighted by Gasteiger charge is 2.15. The number of rotatable bonds is 3. The van der Waals surface area contributed by atoms with Gasteiger partial charge in [0.1, 0.15) is 0 Å². The van der Waals surface area contributed by atoms with E-state index in [-0.39, 0.29) is 5.97 Å². The Labute approximate surface area is 98.2 Å². The van der Waals surface area contributed by atoms with Crippen LogP contribution >= 0.6 is 0 Å². The van der Waals surface area contributed by atoms with E-state index in [9.17, 15) is 4.79 Å². The van der Waals surface area contributed by atoms with Crippen molar-refractivity contribution in [3.05, 3.63) is 29.8 Å². The average molecular weight is 233 g/mol. The van der Waals surface area contributed by atoms with Gasteiger partial charge in [-0.15, -0.1) is 0 Å². The summed E-state index contributed by atoms with van der Waals surface area (Å²) in [5.74, 6) is -0.387. The minimum atomic E-state index is -1.55. The normalized spacial score (nSPS) is 10.5. The number of hydrogen-bond donors (Lipinski definition) is 3. The van der Waals surface area contributed by atoms with E-state index in [4.69, 9.17) is 14.8 Å². The third-order valence-electron chi connectivity index (χ3n) is 2.43. The van der Waals surface area contributed by atoms with Gasteiger partial charge in [0.2, 0.25) is 0 Å². The van der Waals surface area contributed by atoms with Gasteiger partial charge in [-0.1, -0.05) is 0 Å². The number of fused-ring (bicyclic) bond motifs is 1. The third kappa shape index (κ3) is 2.32. The van der Waals surface area contributed by atoms with Crippen molar-refractivity contribution < 1.29 is 19.6 Å². The number of aromatic amines is 1. The van der Waals surface area contributed by atoms with Crippen molar-refractivity contribution >= 4 is 29.6 Å². The molecule has 3 N–H and O–H groups in total. The van der Waals surface area contributed by atoms with Crippen LogP contribution in [0.5, 0.6) is 0 Å². The molecule has 5 nitrogen and oxygen atoms in total. The van der Waals surface area contributed by atoms with Gasteiger partial charge in [-0.2, -0.15) is 0 Å².